The minimum Gasteiger partial charge on any atom is -0.434 e. The fourth-order valence-corrected chi connectivity index (χ4v) is 1.69. The van der Waals surface area contributed by atoms with Crippen molar-refractivity contribution < 1.29 is 9.66 Å². The maximum atomic E-state index is 11.3. The van der Waals surface area contributed by atoms with E-state index in [0.29, 0.717) is 12.3 Å². The third-order valence-corrected chi connectivity index (χ3v) is 2.75. The van der Waals surface area contributed by atoms with Crippen LogP contribution in [0, 0.1) is 17.0 Å². The van der Waals surface area contributed by atoms with E-state index in [1.54, 1.807) is 12.1 Å². The van der Waals surface area contributed by atoms with Crippen molar-refractivity contribution in [3.63, 3.8) is 0 Å². The summed E-state index contributed by atoms with van der Waals surface area (Å²) in [6, 6.07) is 7.19. The standard InChI is InChI=1S/C14H16N4O3/c1-3-8-15-13-12(18(19)20)14(17-9-16-13)21-11-6-4-10(2)5-7-11/h4-7,9H,3,8H2,1-2H3,(H,15,16,17). The Morgan fingerprint density at radius 3 is 2.62 bits per heavy atom. The first-order chi connectivity index (χ1) is 10.1. The van der Waals surface area contributed by atoms with Gasteiger partial charge in [0.15, 0.2) is 0 Å². The molecule has 0 saturated carbocycles. The number of aromatic nitrogens is 2. The number of ether oxygens (including phenoxy) is 1. The van der Waals surface area contributed by atoms with Gasteiger partial charge in [-0.25, -0.2) is 4.98 Å². The molecule has 0 aliphatic rings. The van der Waals surface area contributed by atoms with Crippen LogP contribution in [0.15, 0.2) is 30.6 Å². The average Bonchev–Trinajstić information content (AvgIpc) is 2.47. The van der Waals surface area contributed by atoms with E-state index < -0.39 is 4.92 Å². The fraction of sp³-hybridized carbons (Fsp3) is 0.286. The number of hydrogen-bond donors (Lipinski definition) is 1. The maximum absolute atomic E-state index is 11.3. The van der Waals surface area contributed by atoms with Gasteiger partial charge in [-0.05, 0) is 25.5 Å². The molecule has 0 bridgehead atoms. The lowest BCUT2D eigenvalue weighted by molar-refractivity contribution is -0.385. The van der Waals surface area contributed by atoms with Crippen LogP contribution < -0.4 is 10.1 Å². The van der Waals surface area contributed by atoms with E-state index in [-0.39, 0.29) is 17.4 Å². The molecule has 0 radical (unpaired) electrons. The molecule has 0 saturated heterocycles. The second kappa shape index (κ2) is 6.65. The highest BCUT2D eigenvalue weighted by atomic mass is 16.6. The molecule has 0 atom stereocenters. The topological polar surface area (TPSA) is 90.2 Å². The van der Waals surface area contributed by atoms with Crippen LogP contribution in [0.5, 0.6) is 11.6 Å². The van der Waals surface area contributed by atoms with Crippen LogP contribution in [-0.2, 0) is 0 Å². The molecule has 1 aromatic heterocycles. The molecule has 2 aromatic rings. The molecule has 110 valence electrons. The molecule has 0 fully saturated rings. The highest BCUT2D eigenvalue weighted by molar-refractivity contribution is 5.61. The second-order valence-corrected chi connectivity index (χ2v) is 4.48. The molecule has 7 nitrogen and oxygen atoms in total. The molecule has 7 heteroatoms. The van der Waals surface area contributed by atoms with Crippen LogP contribution in [0.25, 0.3) is 0 Å². The Bertz CT molecular complexity index is 629. The smallest absolute Gasteiger partial charge is 0.373 e. The van der Waals surface area contributed by atoms with Gasteiger partial charge in [0, 0.05) is 6.54 Å². The van der Waals surface area contributed by atoms with Gasteiger partial charge in [-0.15, -0.1) is 0 Å². The number of aryl methyl sites for hydroxylation is 1. The third kappa shape index (κ3) is 3.65. The normalized spacial score (nSPS) is 10.2. The van der Waals surface area contributed by atoms with E-state index in [1.165, 1.54) is 6.33 Å². The van der Waals surface area contributed by atoms with Gasteiger partial charge in [-0.2, -0.15) is 4.98 Å². The number of nitrogens with one attached hydrogen (secondary N) is 1. The lowest BCUT2D eigenvalue weighted by atomic mass is 10.2. The number of benzene rings is 1. The van der Waals surface area contributed by atoms with Gasteiger partial charge >= 0.3 is 11.6 Å². The molecule has 1 heterocycles. The first kappa shape index (κ1) is 14.7. The van der Waals surface area contributed by atoms with Gasteiger partial charge in [0.25, 0.3) is 0 Å². The van der Waals surface area contributed by atoms with Gasteiger partial charge < -0.3 is 10.1 Å². The number of hydrogen-bond acceptors (Lipinski definition) is 6. The summed E-state index contributed by atoms with van der Waals surface area (Å²) >= 11 is 0. The number of nitrogens with zero attached hydrogens (tertiary/aromatic N) is 3. The molecule has 0 unspecified atom stereocenters. The van der Waals surface area contributed by atoms with Gasteiger partial charge in [0.1, 0.15) is 12.1 Å². The Hall–Kier alpha value is -2.70. The molecule has 2 rings (SSSR count). The fourth-order valence-electron chi connectivity index (χ4n) is 1.69. The summed E-state index contributed by atoms with van der Waals surface area (Å²) in [6.45, 7) is 4.50. The van der Waals surface area contributed by atoms with Crippen molar-refractivity contribution in [3.05, 3.63) is 46.3 Å². The zero-order valence-corrected chi connectivity index (χ0v) is 11.9. The molecule has 0 spiro atoms. The molecule has 0 amide bonds. The van der Waals surface area contributed by atoms with E-state index >= 15 is 0 Å². The summed E-state index contributed by atoms with van der Waals surface area (Å²) in [5.74, 6) is 0.584. The Kier molecular flexibility index (Phi) is 4.65. The van der Waals surface area contributed by atoms with Crippen molar-refractivity contribution in [2.75, 3.05) is 11.9 Å². The predicted octanol–water partition coefficient (Wildman–Crippen LogP) is 3.31. The zero-order valence-electron chi connectivity index (χ0n) is 11.9. The van der Waals surface area contributed by atoms with Crippen molar-refractivity contribution >= 4 is 11.5 Å². The summed E-state index contributed by atoms with van der Waals surface area (Å²) in [5.41, 5.74) is 0.816. The SMILES string of the molecule is CCCNc1ncnc(Oc2ccc(C)cc2)c1[N+](=O)[O-]. The Morgan fingerprint density at radius 1 is 1.29 bits per heavy atom. The van der Waals surface area contributed by atoms with E-state index in [9.17, 15) is 10.1 Å². The largest absolute Gasteiger partial charge is 0.434 e. The zero-order chi connectivity index (χ0) is 15.2. The van der Waals surface area contributed by atoms with Crippen LogP contribution in [0.2, 0.25) is 0 Å². The lowest BCUT2D eigenvalue weighted by Crippen LogP contribution is -2.07. The summed E-state index contributed by atoms with van der Waals surface area (Å²) in [4.78, 5) is 18.5. The van der Waals surface area contributed by atoms with E-state index in [2.05, 4.69) is 15.3 Å². The quantitative estimate of drug-likeness (QED) is 0.647. The molecular weight excluding hydrogens is 272 g/mol. The molecule has 1 N–H and O–H groups in total. The van der Waals surface area contributed by atoms with Crippen molar-refractivity contribution in [3.8, 4) is 11.6 Å². The van der Waals surface area contributed by atoms with Crippen LogP contribution >= 0.6 is 0 Å². The predicted molar refractivity (Wildman–Crippen MR) is 78.7 cm³/mol. The number of anilines is 1. The molecule has 21 heavy (non-hydrogen) atoms. The van der Waals surface area contributed by atoms with Gasteiger partial charge in [-0.3, -0.25) is 10.1 Å². The molecular formula is C14H16N4O3. The second-order valence-electron chi connectivity index (χ2n) is 4.48. The van der Waals surface area contributed by atoms with Gasteiger partial charge in [0.05, 0.1) is 4.92 Å². The highest BCUT2D eigenvalue weighted by Crippen LogP contribution is 2.33. The summed E-state index contributed by atoms with van der Waals surface area (Å²) in [5, 5.41) is 14.2. The van der Waals surface area contributed by atoms with E-state index in [4.69, 9.17) is 4.74 Å². The minimum atomic E-state index is -0.540. The van der Waals surface area contributed by atoms with Gasteiger partial charge in [-0.1, -0.05) is 24.6 Å². The minimum absolute atomic E-state index is 0.0718. The van der Waals surface area contributed by atoms with Gasteiger partial charge in [0.2, 0.25) is 5.82 Å². The van der Waals surface area contributed by atoms with Crippen LogP contribution in [-0.4, -0.2) is 21.4 Å². The third-order valence-electron chi connectivity index (χ3n) is 2.75. The maximum Gasteiger partial charge on any atom is 0.373 e. The van der Waals surface area contributed by atoms with Crippen molar-refractivity contribution in [2.45, 2.75) is 20.3 Å². The van der Waals surface area contributed by atoms with E-state index in [1.807, 2.05) is 26.0 Å². The number of nitro groups is 1. The summed E-state index contributed by atoms with van der Waals surface area (Å²) in [6.07, 6.45) is 2.07. The molecule has 0 aliphatic heterocycles. The molecule has 0 aliphatic carbocycles. The van der Waals surface area contributed by atoms with Crippen LogP contribution in [0.1, 0.15) is 18.9 Å². The Labute approximate surface area is 122 Å². The molecule has 1 aromatic carbocycles. The lowest BCUT2D eigenvalue weighted by Gasteiger charge is -2.08. The van der Waals surface area contributed by atoms with Crippen molar-refractivity contribution in [1.29, 1.82) is 0 Å². The van der Waals surface area contributed by atoms with Crippen LogP contribution in [0.4, 0.5) is 11.5 Å². The Morgan fingerprint density at radius 2 is 2.00 bits per heavy atom. The first-order valence-electron chi connectivity index (χ1n) is 6.59. The first-order valence-corrected chi connectivity index (χ1v) is 6.59. The summed E-state index contributed by atoms with van der Waals surface area (Å²) in [7, 11) is 0. The summed E-state index contributed by atoms with van der Waals surface area (Å²) < 4.78 is 5.51. The van der Waals surface area contributed by atoms with Crippen molar-refractivity contribution in [2.24, 2.45) is 0 Å². The Balaban J connectivity index is 2.33. The van der Waals surface area contributed by atoms with E-state index in [0.717, 1.165) is 12.0 Å². The average molecular weight is 288 g/mol. The van der Waals surface area contributed by atoms with Crippen molar-refractivity contribution in [1.82, 2.24) is 9.97 Å². The monoisotopic (exact) mass is 288 g/mol. The van der Waals surface area contributed by atoms with Crippen LogP contribution in [0.3, 0.4) is 0 Å². The highest BCUT2D eigenvalue weighted by Gasteiger charge is 2.24. The number of rotatable bonds is 6.